The van der Waals surface area contributed by atoms with Crippen molar-refractivity contribution in [2.45, 2.75) is 70.5 Å². The molecule has 0 atom stereocenters. The summed E-state index contributed by atoms with van der Waals surface area (Å²) in [7, 11) is 0. The van der Waals surface area contributed by atoms with Gasteiger partial charge in [0.05, 0.1) is 0 Å². The molecule has 0 aliphatic carbocycles. The van der Waals surface area contributed by atoms with Gasteiger partial charge in [-0.3, -0.25) is 4.79 Å². The van der Waals surface area contributed by atoms with E-state index in [-0.39, 0.29) is 23.6 Å². The van der Waals surface area contributed by atoms with Gasteiger partial charge in [0, 0.05) is 24.0 Å². The lowest BCUT2D eigenvalue weighted by Gasteiger charge is -2.24. The van der Waals surface area contributed by atoms with Gasteiger partial charge in [0.1, 0.15) is 6.61 Å². The molecule has 0 unspecified atom stereocenters. The molecule has 0 fully saturated rings. The zero-order chi connectivity index (χ0) is 14.9. The van der Waals surface area contributed by atoms with Gasteiger partial charge in [0.25, 0.3) is 0 Å². The SMILES string of the molecule is CCCC(F)(F)CCCSC(C)(C)COC(=O)CC. The van der Waals surface area contributed by atoms with Gasteiger partial charge in [-0.15, -0.1) is 0 Å². The van der Waals surface area contributed by atoms with E-state index in [4.69, 9.17) is 4.74 Å². The second-order valence-electron chi connectivity index (χ2n) is 5.33. The number of carbonyl (C=O) groups excluding carboxylic acids is 1. The monoisotopic (exact) mass is 296 g/mol. The Hall–Kier alpha value is -0.320. The van der Waals surface area contributed by atoms with Gasteiger partial charge < -0.3 is 4.74 Å². The highest BCUT2D eigenvalue weighted by Gasteiger charge is 2.27. The van der Waals surface area contributed by atoms with Crippen LogP contribution in [0.5, 0.6) is 0 Å². The summed E-state index contributed by atoms with van der Waals surface area (Å²) in [6, 6.07) is 0. The quantitative estimate of drug-likeness (QED) is 0.433. The highest BCUT2D eigenvalue weighted by molar-refractivity contribution is 8.00. The lowest BCUT2D eigenvalue weighted by atomic mass is 10.1. The maximum atomic E-state index is 13.3. The number of esters is 1. The molecule has 0 aliphatic rings. The molecule has 5 heteroatoms. The van der Waals surface area contributed by atoms with E-state index in [2.05, 4.69) is 0 Å². The van der Waals surface area contributed by atoms with Gasteiger partial charge >= 0.3 is 5.97 Å². The topological polar surface area (TPSA) is 26.3 Å². The zero-order valence-corrected chi connectivity index (χ0v) is 13.2. The third-order valence-electron chi connectivity index (χ3n) is 2.66. The lowest BCUT2D eigenvalue weighted by molar-refractivity contribution is -0.143. The van der Waals surface area contributed by atoms with Crippen LogP contribution >= 0.6 is 11.8 Å². The van der Waals surface area contributed by atoms with Crippen molar-refractivity contribution < 1.29 is 18.3 Å². The fraction of sp³-hybridized carbons (Fsp3) is 0.929. The molecule has 0 radical (unpaired) electrons. The summed E-state index contributed by atoms with van der Waals surface area (Å²) in [5.74, 6) is -2.09. The summed E-state index contributed by atoms with van der Waals surface area (Å²) in [5, 5.41) is 0. The van der Waals surface area contributed by atoms with Crippen molar-refractivity contribution in [3.8, 4) is 0 Å². The molecule has 0 amide bonds. The Morgan fingerprint density at radius 1 is 1.21 bits per heavy atom. The van der Waals surface area contributed by atoms with E-state index in [0.29, 0.717) is 31.6 Å². The minimum atomic E-state index is -2.53. The highest BCUT2D eigenvalue weighted by atomic mass is 32.2. The number of hydrogen-bond donors (Lipinski definition) is 0. The van der Waals surface area contributed by atoms with Crippen LogP contribution in [0.3, 0.4) is 0 Å². The number of ether oxygens (including phenoxy) is 1. The van der Waals surface area contributed by atoms with Gasteiger partial charge in [-0.2, -0.15) is 11.8 Å². The Morgan fingerprint density at radius 2 is 1.84 bits per heavy atom. The van der Waals surface area contributed by atoms with Crippen LogP contribution < -0.4 is 0 Å². The first kappa shape index (κ1) is 18.7. The number of halogens is 2. The standard InChI is InChI=1S/C14H26F2O2S/c1-5-8-14(15,16)9-7-10-19-13(3,4)11-18-12(17)6-2/h5-11H2,1-4H3. The van der Waals surface area contributed by atoms with Crippen LogP contribution in [-0.2, 0) is 9.53 Å². The van der Waals surface area contributed by atoms with E-state index in [1.54, 1.807) is 25.6 Å². The third-order valence-corrected chi connectivity index (χ3v) is 4.06. The van der Waals surface area contributed by atoms with Gasteiger partial charge in [0.2, 0.25) is 5.92 Å². The average molecular weight is 296 g/mol. The Balaban J connectivity index is 3.83. The molecule has 0 heterocycles. The minimum absolute atomic E-state index is 0.0326. The number of thioether (sulfide) groups is 1. The predicted molar refractivity (Wildman–Crippen MR) is 76.9 cm³/mol. The molecule has 19 heavy (non-hydrogen) atoms. The van der Waals surface area contributed by atoms with E-state index in [1.807, 2.05) is 13.8 Å². The molecule has 2 nitrogen and oxygen atoms in total. The fourth-order valence-corrected chi connectivity index (χ4v) is 2.55. The maximum Gasteiger partial charge on any atom is 0.305 e. The molecule has 0 aliphatic heterocycles. The lowest BCUT2D eigenvalue weighted by Crippen LogP contribution is -2.25. The van der Waals surface area contributed by atoms with Gasteiger partial charge in [0.15, 0.2) is 0 Å². The summed E-state index contributed by atoms with van der Waals surface area (Å²) in [6.07, 6.45) is 1.28. The zero-order valence-electron chi connectivity index (χ0n) is 12.4. The molecular formula is C14H26F2O2S. The predicted octanol–water partition coefficient (Wildman–Crippen LogP) is 4.67. The number of rotatable bonds is 10. The van der Waals surface area contributed by atoms with Crippen molar-refractivity contribution in [2.75, 3.05) is 12.4 Å². The minimum Gasteiger partial charge on any atom is -0.464 e. The first-order chi connectivity index (χ1) is 8.72. The largest absolute Gasteiger partial charge is 0.464 e. The van der Waals surface area contributed by atoms with Crippen molar-refractivity contribution in [1.82, 2.24) is 0 Å². The van der Waals surface area contributed by atoms with Crippen molar-refractivity contribution in [2.24, 2.45) is 0 Å². The van der Waals surface area contributed by atoms with Crippen molar-refractivity contribution in [1.29, 1.82) is 0 Å². The fourth-order valence-electron chi connectivity index (χ4n) is 1.57. The molecule has 0 rings (SSSR count). The molecule has 0 aromatic carbocycles. The van der Waals surface area contributed by atoms with Crippen molar-refractivity contribution >= 4 is 17.7 Å². The normalized spacial score (nSPS) is 12.5. The molecule has 0 N–H and O–H groups in total. The Kier molecular flexibility index (Phi) is 8.62. The van der Waals surface area contributed by atoms with Crippen LogP contribution in [0.1, 0.15) is 59.8 Å². The molecular weight excluding hydrogens is 270 g/mol. The van der Waals surface area contributed by atoms with E-state index in [1.165, 1.54) is 0 Å². The van der Waals surface area contributed by atoms with Gasteiger partial charge in [-0.05, 0) is 26.0 Å². The van der Waals surface area contributed by atoms with E-state index in [9.17, 15) is 13.6 Å². The van der Waals surface area contributed by atoms with Gasteiger partial charge in [-0.1, -0.05) is 20.3 Å². The molecule has 0 bridgehead atoms. The second kappa shape index (κ2) is 8.77. The second-order valence-corrected chi connectivity index (χ2v) is 7.13. The number of hydrogen-bond acceptors (Lipinski definition) is 3. The van der Waals surface area contributed by atoms with Crippen LogP contribution in [0.15, 0.2) is 0 Å². The van der Waals surface area contributed by atoms with Crippen LogP contribution in [0.4, 0.5) is 8.78 Å². The molecule has 0 saturated carbocycles. The number of carbonyl (C=O) groups is 1. The van der Waals surface area contributed by atoms with E-state index < -0.39 is 5.92 Å². The van der Waals surface area contributed by atoms with Crippen LogP contribution in [-0.4, -0.2) is 29.0 Å². The third kappa shape index (κ3) is 10.2. The summed E-state index contributed by atoms with van der Waals surface area (Å²) in [5.41, 5.74) is 0. The van der Waals surface area contributed by atoms with Crippen molar-refractivity contribution in [3.63, 3.8) is 0 Å². The molecule has 0 saturated heterocycles. The first-order valence-electron chi connectivity index (χ1n) is 6.90. The molecule has 0 spiro atoms. The smallest absolute Gasteiger partial charge is 0.305 e. The summed E-state index contributed by atoms with van der Waals surface area (Å²) >= 11 is 1.58. The van der Waals surface area contributed by atoms with Crippen LogP contribution in [0.2, 0.25) is 0 Å². The summed E-state index contributed by atoms with van der Waals surface area (Å²) in [6.45, 7) is 7.78. The maximum absolute atomic E-state index is 13.3. The Morgan fingerprint density at radius 3 is 2.37 bits per heavy atom. The summed E-state index contributed by atoms with van der Waals surface area (Å²) < 4.78 is 31.4. The molecule has 0 aromatic rings. The Bertz CT molecular complexity index is 268. The van der Waals surface area contributed by atoms with E-state index >= 15 is 0 Å². The summed E-state index contributed by atoms with van der Waals surface area (Å²) in [4.78, 5) is 11.1. The highest BCUT2D eigenvalue weighted by Crippen LogP contribution is 2.30. The van der Waals surface area contributed by atoms with Crippen molar-refractivity contribution in [3.05, 3.63) is 0 Å². The average Bonchev–Trinajstić information content (AvgIpc) is 2.32. The molecule has 0 aromatic heterocycles. The van der Waals surface area contributed by atoms with E-state index in [0.717, 1.165) is 0 Å². The Labute approximate surface area is 119 Å². The number of alkyl halides is 2. The first-order valence-corrected chi connectivity index (χ1v) is 7.88. The van der Waals surface area contributed by atoms with Crippen LogP contribution in [0.25, 0.3) is 0 Å². The molecule has 114 valence electrons. The van der Waals surface area contributed by atoms with Gasteiger partial charge in [-0.25, -0.2) is 8.78 Å². The van der Waals surface area contributed by atoms with Crippen LogP contribution in [0, 0.1) is 0 Å².